The lowest BCUT2D eigenvalue weighted by molar-refractivity contribution is -0.125. The first-order valence-electron chi connectivity index (χ1n) is 11.0. The number of aromatic nitrogens is 4. The van der Waals surface area contributed by atoms with Gasteiger partial charge in [-0.2, -0.15) is 10.2 Å². The molecular weight excluding hydrogens is 440 g/mol. The van der Waals surface area contributed by atoms with E-state index >= 15 is 0 Å². The van der Waals surface area contributed by atoms with Gasteiger partial charge in [-0.15, -0.1) is 5.10 Å². The molecule has 1 saturated heterocycles. The van der Waals surface area contributed by atoms with Crippen LogP contribution in [0, 0.1) is 19.8 Å². The van der Waals surface area contributed by atoms with Gasteiger partial charge in [0.2, 0.25) is 5.91 Å². The van der Waals surface area contributed by atoms with Crippen molar-refractivity contribution in [3.8, 4) is 5.69 Å². The fourth-order valence-electron chi connectivity index (χ4n) is 4.47. The van der Waals surface area contributed by atoms with Crippen LogP contribution in [0.5, 0.6) is 0 Å². The Balaban J connectivity index is 1.43. The van der Waals surface area contributed by atoms with Crippen LogP contribution in [0.1, 0.15) is 30.0 Å². The summed E-state index contributed by atoms with van der Waals surface area (Å²) < 4.78 is 7.22. The zero-order valence-corrected chi connectivity index (χ0v) is 19.3. The van der Waals surface area contributed by atoms with Gasteiger partial charge < -0.3 is 14.6 Å². The SMILES string of the molecule is Cc1nnc(N2CCC[C@H](C(=O)NCc3ccco3)C2)c2nn(-c3ccc(Cl)cc3)c(C)c12. The van der Waals surface area contributed by atoms with Crippen molar-refractivity contribution in [2.24, 2.45) is 5.92 Å². The first-order valence-corrected chi connectivity index (χ1v) is 11.4. The van der Waals surface area contributed by atoms with E-state index in [-0.39, 0.29) is 11.8 Å². The molecule has 4 aromatic rings. The second kappa shape index (κ2) is 8.86. The number of benzene rings is 1. The molecule has 0 bridgehead atoms. The molecule has 5 rings (SSSR count). The van der Waals surface area contributed by atoms with E-state index in [9.17, 15) is 4.79 Å². The lowest BCUT2D eigenvalue weighted by atomic mass is 9.97. The molecule has 33 heavy (non-hydrogen) atoms. The van der Waals surface area contributed by atoms with E-state index in [2.05, 4.69) is 20.4 Å². The smallest absolute Gasteiger partial charge is 0.225 e. The summed E-state index contributed by atoms with van der Waals surface area (Å²) in [7, 11) is 0. The maximum Gasteiger partial charge on any atom is 0.225 e. The lowest BCUT2D eigenvalue weighted by Crippen LogP contribution is -2.43. The summed E-state index contributed by atoms with van der Waals surface area (Å²) in [6.07, 6.45) is 3.34. The third-order valence-corrected chi connectivity index (χ3v) is 6.42. The normalized spacial score (nSPS) is 16.3. The first kappa shape index (κ1) is 21.5. The van der Waals surface area contributed by atoms with Gasteiger partial charge in [0, 0.05) is 18.1 Å². The number of furan rings is 1. The van der Waals surface area contributed by atoms with Gasteiger partial charge in [0.25, 0.3) is 0 Å². The molecule has 170 valence electrons. The molecule has 1 N–H and O–H groups in total. The summed E-state index contributed by atoms with van der Waals surface area (Å²) in [4.78, 5) is 14.9. The first-order chi connectivity index (χ1) is 16.0. The van der Waals surface area contributed by atoms with Crippen molar-refractivity contribution in [1.29, 1.82) is 0 Å². The van der Waals surface area contributed by atoms with Crippen molar-refractivity contribution in [2.75, 3.05) is 18.0 Å². The molecule has 1 atom stereocenters. The van der Waals surface area contributed by atoms with E-state index in [1.54, 1.807) is 6.26 Å². The zero-order valence-electron chi connectivity index (χ0n) is 18.6. The number of anilines is 1. The number of carbonyl (C=O) groups is 1. The van der Waals surface area contributed by atoms with Crippen molar-refractivity contribution in [1.82, 2.24) is 25.3 Å². The average Bonchev–Trinajstić information content (AvgIpc) is 3.47. The highest BCUT2D eigenvalue weighted by Crippen LogP contribution is 2.31. The van der Waals surface area contributed by atoms with Crippen molar-refractivity contribution in [2.45, 2.75) is 33.2 Å². The van der Waals surface area contributed by atoms with Gasteiger partial charge in [-0.25, -0.2) is 4.68 Å². The zero-order chi connectivity index (χ0) is 22.9. The number of piperidine rings is 1. The van der Waals surface area contributed by atoms with Crippen LogP contribution in [0.15, 0.2) is 47.1 Å². The van der Waals surface area contributed by atoms with Gasteiger partial charge in [-0.05, 0) is 63.1 Å². The summed E-state index contributed by atoms with van der Waals surface area (Å²) in [5.74, 6) is 1.35. The topological polar surface area (TPSA) is 89.1 Å². The highest BCUT2D eigenvalue weighted by molar-refractivity contribution is 6.30. The Labute approximate surface area is 196 Å². The van der Waals surface area contributed by atoms with E-state index in [1.165, 1.54) is 0 Å². The standard InChI is InChI=1S/C24H25ClN6O2/c1-15-21-16(2)31(19-9-7-18(25)8-10-19)29-22(21)23(28-27-15)30-11-3-5-17(14-30)24(32)26-13-20-6-4-12-33-20/h4,6-10,12,17H,3,5,11,13-14H2,1-2H3,(H,26,32)/t17-/m0/s1. The number of aryl methyl sites for hydroxylation is 2. The van der Waals surface area contributed by atoms with E-state index in [1.807, 2.05) is 54.9 Å². The fraction of sp³-hybridized carbons (Fsp3) is 0.333. The summed E-state index contributed by atoms with van der Waals surface area (Å²) in [5.41, 5.74) is 3.54. The van der Waals surface area contributed by atoms with Crippen LogP contribution in [0.4, 0.5) is 5.82 Å². The molecule has 4 heterocycles. The molecular formula is C24H25ClN6O2. The maximum atomic E-state index is 12.8. The number of nitrogens with zero attached hydrogens (tertiary/aromatic N) is 5. The van der Waals surface area contributed by atoms with Gasteiger partial charge in [-0.3, -0.25) is 4.79 Å². The number of hydrogen-bond donors (Lipinski definition) is 1. The summed E-state index contributed by atoms with van der Waals surface area (Å²) in [6, 6.07) is 11.3. The van der Waals surface area contributed by atoms with Crippen LogP contribution in [0.25, 0.3) is 16.6 Å². The number of nitrogens with one attached hydrogen (secondary N) is 1. The van der Waals surface area contributed by atoms with Crippen LogP contribution in [-0.2, 0) is 11.3 Å². The lowest BCUT2D eigenvalue weighted by Gasteiger charge is -2.32. The van der Waals surface area contributed by atoms with Crippen LogP contribution in [-0.4, -0.2) is 39.0 Å². The number of carbonyl (C=O) groups excluding carboxylic acids is 1. The molecule has 3 aromatic heterocycles. The van der Waals surface area contributed by atoms with Gasteiger partial charge in [0.05, 0.1) is 41.2 Å². The van der Waals surface area contributed by atoms with E-state index in [0.29, 0.717) is 18.1 Å². The summed E-state index contributed by atoms with van der Waals surface area (Å²) >= 11 is 6.07. The highest BCUT2D eigenvalue weighted by Gasteiger charge is 2.29. The number of fused-ring (bicyclic) bond motifs is 1. The molecule has 1 aliphatic heterocycles. The second-order valence-electron chi connectivity index (χ2n) is 8.39. The van der Waals surface area contributed by atoms with Crippen LogP contribution >= 0.6 is 11.6 Å². The fourth-order valence-corrected chi connectivity index (χ4v) is 4.60. The average molecular weight is 465 g/mol. The Morgan fingerprint density at radius 2 is 2.03 bits per heavy atom. The monoisotopic (exact) mass is 464 g/mol. The Morgan fingerprint density at radius 3 is 2.79 bits per heavy atom. The molecule has 0 spiro atoms. The molecule has 1 fully saturated rings. The molecule has 1 aliphatic rings. The van der Waals surface area contributed by atoms with E-state index in [4.69, 9.17) is 21.1 Å². The van der Waals surface area contributed by atoms with Gasteiger partial charge >= 0.3 is 0 Å². The minimum absolute atomic E-state index is 0.0234. The van der Waals surface area contributed by atoms with Crippen molar-refractivity contribution in [3.05, 3.63) is 64.8 Å². The number of amides is 1. The van der Waals surface area contributed by atoms with E-state index in [0.717, 1.165) is 58.9 Å². The molecule has 0 saturated carbocycles. The Morgan fingerprint density at radius 1 is 1.21 bits per heavy atom. The molecule has 1 aromatic carbocycles. The molecule has 0 unspecified atom stereocenters. The van der Waals surface area contributed by atoms with Gasteiger partial charge in [-0.1, -0.05) is 11.6 Å². The third-order valence-electron chi connectivity index (χ3n) is 6.16. The molecule has 0 radical (unpaired) electrons. The molecule has 1 amide bonds. The number of halogens is 1. The van der Waals surface area contributed by atoms with Crippen molar-refractivity contribution >= 4 is 34.2 Å². The Kier molecular flexibility index (Phi) is 5.76. The van der Waals surface area contributed by atoms with Crippen LogP contribution in [0.3, 0.4) is 0 Å². The minimum Gasteiger partial charge on any atom is -0.467 e. The predicted molar refractivity (Wildman–Crippen MR) is 127 cm³/mol. The molecule has 9 heteroatoms. The molecule has 8 nitrogen and oxygen atoms in total. The second-order valence-corrected chi connectivity index (χ2v) is 8.83. The van der Waals surface area contributed by atoms with Crippen LogP contribution < -0.4 is 10.2 Å². The Bertz CT molecular complexity index is 1280. The van der Waals surface area contributed by atoms with Crippen molar-refractivity contribution < 1.29 is 9.21 Å². The quantitative estimate of drug-likeness (QED) is 0.476. The largest absolute Gasteiger partial charge is 0.467 e. The minimum atomic E-state index is -0.133. The summed E-state index contributed by atoms with van der Waals surface area (Å²) in [5, 5.41) is 18.5. The maximum absolute atomic E-state index is 12.8. The van der Waals surface area contributed by atoms with Gasteiger partial charge in [0.1, 0.15) is 11.3 Å². The van der Waals surface area contributed by atoms with E-state index < -0.39 is 0 Å². The summed E-state index contributed by atoms with van der Waals surface area (Å²) in [6.45, 7) is 5.75. The number of rotatable bonds is 5. The molecule has 0 aliphatic carbocycles. The predicted octanol–water partition coefficient (Wildman–Crippen LogP) is 4.21. The van der Waals surface area contributed by atoms with Gasteiger partial charge in [0.15, 0.2) is 5.82 Å². The van der Waals surface area contributed by atoms with Crippen LogP contribution in [0.2, 0.25) is 5.02 Å². The Hall–Kier alpha value is -3.39. The third kappa shape index (κ3) is 4.18. The van der Waals surface area contributed by atoms with Crippen molar-refractivity contribution in [3.63, 3.8) is 0 Å². The highest BCUT2D eigenvalue weighted by atomic mass is 35.5. The number of hydrogen-bond acceptors (Lipinski definition) is 6.